The lowest BCUT2D eigenvalue weighted by molar-refractivity contribution is -0.136. The van der Waals surface area contributed by atoms with Crippen LogP contribution in [0.5, 0.6) is 0 Å². The molecule has 8 nitrogen and oxygen atoms in total. The fourth-order valence-electron chi connectivity index (χ4n) is 4.24. The molecular weight excluding hydrogens is 454 g/mol. The second-order valence-electron chi connectivity index (χ2n) is 7.78. The zero-order chi connectivity index (χ0) is 21.3. The molecule has 4 rings (SSSR count). The number of halogens is 1. The molecule has 1 atom stereocenters. The van der Waals surface area contributed by atoms with Crippen LogP contribution in [0.4, 0.5) is 5.69 Å². The largest absolute Gasteiger partial charge is 0.378 e. The fraction of sp³-hybridized carbons (Fsp3) is 0.524. The van der Waals surface area contributed by atoms with Crippen molar-refractivity contribution in [2.45, 2.75) is 44.2 Å². The summed E-state index contributed by atoms with van der Waals surface area (Å²) in [4.78, 5) is 52.5. The van der Waals surface area contributed by atoms with Gasteiger partial charge in [-0.1, -0.05) is 15.9 Å². The van der Waals surface area contributed by atoms with Crippen LogP contribution in [0, 0.1) is 0 Å². The number of imide groups is 2. The van der Waals surface area contributed by atoms with Crippen molar-refractivity contribution in [1.29, 1.82) is 0 Å². The normalized spacial score (nSPS) is 22.5. The maximum absolute atomic E-state index is 13.0. The van der Waals surface area contributed by atoms with Crippen LogP contribution in [0.3, 0.4) is 0 Å². The van der Waals surface area contributed by atoms with Gasteiger partial charge in [-0.25, -0.2) is 0 Å². The van der Waals surface area contributed by atoms with Gasteiger partial charge in [-0.3, -0.25) is 29.4 Å². The number of hydrogen-bond donors (Lipinski definition) is 1. The van der Waals surface area contributed by atoms with Crippen LogP contribution in [-0.4, -0.2) is 65.7 Å². The predicted octanol–water partition coefficient (Wildman–Crippen LogP) is 1.86. The number of nitrogens with zero attached hydrogens (tertiary/aromatic N) is 2. The number of fused-ring (bicyclic) bond motifs is 1. The van der Waals surface area contributed by atoms with Crippen LogP contribution in [0.2, 0.25) is 0 Å². The van der Waals surface area contributed by atoms with Crippen molar-refractivity contribution in [3.05, 3.63) is 29.3 Å². The van der Waals surface area contributed by atoms with Crippen molar-refractivity contribution in [2.75, 3.05) is 29.9 Å². The number of carbonyl (C=O) groups is 4. The molecule has 3 heterocycles. The molecule has 0 bridgehead atoms. The monoisotopic (exact) mass is 477 g/mol. The van der Waals surface area contributed by atoms with Gasteiger partial charge in [-0.15, -0.1) is 0 Å². The van der Waals surface area contributed by atoms with Gasteiger partial charge in [0.25, 0.3) is 11.8 Å². The number of benzene rings is 1. The molecule has 3 aliphatic rings. The first-order valence-electron chi connectivity index (χ1n) is 10.3. The Morgan fingerprint density at radius 2 is 1.77 bits per heavy atom. The van der Waals surface area contributed by atoms with E-state index in [1.54, 1.807) is 12.1 Å². The summed E-state index contributed by atoms with van der Waals surface area (Å²) in [5, 5.41) is 3.15. The van der Waals surface area contributed by atoms with Crippen LogP contribution in [0.1, 0.15) is 52.8 Å². The van der Waals surface area contributed by atoms with Gasteiger partial charge >= 0.3 is 0 Å². The Balaban J connectivity index is 1.45. The van der Waals surface area contributed by atoms with E-state index in [2.05, 4.69) is 26.1 Å². The molecule has 3 aliphatic heterocycles. The standard InChI is InChI=1S/C21H24BrN3O5/c22-8-1-11-30-14-6-9-24(10-7-14)13-2-3-15-16(12-13)21(29)25(20(15)28)17-4-5-18(26)23-19(17)27/h2-3,12,14,17H,1,4-11H2,(H,23,26,27). The summed E-state index contributed by atoms with van der Waals surface area (Å²) >= 11 is 3.40. The molecular formula is C21H24BrN3O5. The SMILES string of the molecule is O=C1CCC(N2C(=O)c3ccc(N4CCC(OCCCBr)CC4)cc3C2=O)C(=O)N1. The zero-order valence-corrected chi connectivity index (χ0v) is 18.2. The minimum absolute atomic E-state index is 0.113. The van der Waals surface area contributed by atoms with Crippen molar-refractivity contribution in [3.63, 3.8) is 0 Å². The van der Waals surface area contributed by atoms with E-state index < -0.39 is 23.8 Å². The van der Waals surface area contributed by atoms with Crippen LogP contribution >= 0.6 is 15.9 Å². The number of piperidine rings is 2. The van der Waals surface area contributed by atoms with Gasteiger partial charge in [0.05, 0.1) is 17.2 Å². The number of carbonyl (C=O) groups excluding carboxylic acids is 4. The van der Waals surface area contributed by atoms with Gasteiger partial charge in [0.1, 0.15) is 6.04 Å². The van der Waals surface area contributed by atoms with Gasteiger partial charge in [-0.05, 0) is 43.9 Å². The summed E-state index contributed by atoms with van der Waals surface area (Å²) in [6, 6.07) is 4.32. The van der Waals surface area contributed by atoms with E-state index in [-0.39, 0.29) is 24.9 Å². The number of ether oxygens (including phenoxy) is 1. The van der Waals surface area contributed by atoms with E-state index in [4.69, 9.17) is 4.74 Å². The quantitative estimate of drug-likeness (QED) is 0.381. The molecule has 2 saturated heterocycles. The van der Waals surface area contributed by atoms with Crippen molar-refractivity contribution in [1.82, 2.24) is 10.2 Å². The van der Waals surface area contributed by atoms with Crippen molar-refractivity contribution < 1.29 is 23.9 Å². The summed E-state index contributed by atoms with van der Waals surface area (Å²) in [5.74, 6) is -1.92. The summed E-state index contributed by atoms with van der Waals surface area (Å²) in [5.41, 5.74) is 1.51. The Labute approximate surface area is 183 Å². The van der Waals surface area contributed by atoms with Gasteiger partial charge in [0.2, 0.25) is 11.8 Å². The minimum atomic E-state index is -0.939. The molecule has 160 valence electrons. The van der Waals surface area contributed by atoms with Gasteiger partial charge in [-0.2, -0.15) is 0 Å². The number of hydrogen-bond acceptors (Lipinski definition) is 6. The third-order valence-corrected chi connectivity index (χ3v) is 6.42. The molecule has 0 spiro atoms. The third kappa shape index (κ3) is 4.00. The van der Waals surface area contributed by atoms with Crippen LogP contribution < -0.4 is 10.2 Å². The number of rotatable bonds is 6. The molecule has 1 unspecified atom stereocenters. The van der Waals surface area contributed by atoms with E-state index in [9.17, 15) is 19.2 Å². The summed E-state index contributed by atoms with van der Waals surface area (Å²) in [7, 11) is 0. The Kier molecular flexibility index (Phi) is 6.19. The maximum atomic E-state index is 13.0. The second kappa shape index (κ2) is 8.85. The molecule has 1 aromatic carbocycles. The first-order valence-corrected chi connectivity index (χ1v) is 11.4. The lowest BCUT2D eigenvalue weighted by Gasteiger charge is -2.33. The van der Waals surface area contributed by atoms with Crippen LogP contribution in [-0.2, 0) is 14.3 Å². The molecule has 30 heavy (non-hydrogen) atoms. The Bertz CT molecular complexity index is 881. The number of alkyl halides is 1. The lowest BCUT2D eigenvalue weighted by atomic mass is 10.0. The average Bonchev–Trinajstić information content (AvgIpc) is 2.99. The smallest absolute Gasteiger partial charge is 0.262 e. The van der Waals surface area contributed by atoms with Crippen molar-refractivity contribution in [3.8, 4) is 0 Å². The summed E-state index contributed by atoms with van der Waals surface area (Å²) in [6.07, 6.45) is 3.34. The molecule has 0 aromatic heterocycles. The maximum Gasteiger partial charge on any atom is 0.262 e. The van der Waals surface area contributed by atoms with Gasteiger partial charge in [0, 0.05) is 37.1 Å². The highest BCUT2D eigenvalue weighted by Gasteiger charge is 2.44. The topological polar surface area (TPSA) is 96.0 Å². The highest BCUT2D eigenvalue weighted by atomic mass is 79.9. The first kappa shape index (κ1) is 21.0. The second-order valence-corrected chi connectivity index (χ2v) is 8.57. The van der Waals surface area contributed by atoms with E-state index in [0.29, 0.717) is 11.1 Å². The van der Waals surface area contributed by atoms with Crippen molar-refractivity contribution in [2.24, 2.45) is 0 Å². The average molecular weight is 478 g/mol. The Morgan fingerprint density at radius 1 is 1.03 bits per heavy atom. The number of anilines is 1. The third-order valence-electron chi connectivity index (χ3n) is 5.86. The molecule has 0 radical (unpaired) electrons. The van der Waals surface area contributed by atoms with Crippen molar-refractivity contribution >= 4 is 45.2 Å². The zero-order valence-electron chi connectivity index (χ0n) is 16.6. The molecule has 1 aromatic rings. The van der Waals surface area contributed by atoms with E-state index in [1.807, 2.05) is 6.07 Å². The predicted molar refractivity (Wildman–Crippen MR) is 113 cm³/mol. The van der Waals surface area contributed by atoms with Crippen LogP contribution in [0.15, 0.2) is 18.2 Å². The van der Waals surface area contributed by atoms with E-state index >= 15 is 0 Å². The molecule has 9 heteroatoms. The lowest BCUT2D eigenvalue weighted by Crippen LogP contribution is -2.54. The highest BCUT2D eigenvalue weighted by Crippen LogP contribution is 2.31. The minimum Gasteiger partial charge on any atom is -0.378 e. The molecule has 2 fully saturated rings. The van der Waals surface area contributed by atoms with E-state index in [1.165, 1.54) is 0 Å². The molecule has 0 aliphatic carbocycles. The number of nitrogens with one attached hydrogen (secondary N) is 1. The van der Waals surface area contributed by atoms with Crippen LogP contribution in [0.25, 0.3) is 0 Å². The number of amides is 4. The highest BCUT2D eigenvalue weighted by molar-refractivity contribution is 9.09. The van der Waals surface area contributed by atoms with Gasteiger partial charge in [0.15, 0.2) is 0 Å². The molecule has 4 amide bonds. The summed E-state index contributed by atoms with van der Waals surface area (Å²) < 4.78 is 5.89. The fourth-order valence-corrected chi connectivity index (χ4v) is 4.47. The van der Waals surface area contributed by atoms with E-state index in [0.717, 1.165) is 54.9 Å². The Morgan fingerprint density at radius 3 is 2.47 bits per heavy atom. The molecule has 1 N–H and O–H groups in total. The first-order chi connectivity index (χ1) is 14.5. The molecule has 0 saturated carbocycles. The van der Waals surface area contributed by atoms with Gasteiger partial charge < -0.3 is 9.64 Å². The summed E-state index contributed by atoms with van der Waals surface area (Å²) in [6.45, 7) is 2.38. The Hall–Kier alpha value is -2.26.